The van der Waals surface area contributed by atoms with Crippen LogP contribution in [0.15, 0.2) is 63.8 Å². The summed E-state index contributed by atoms with van der Waals surface area (Å²) in [6, 6.07) is 13.1. The van der Waals surface area contributed by atoms with Crippen LogP contribution in [-0.4, -0.2) is 53.1 Å². The Bertz CT molecular complexity index is 1460. The normalized spacial score (nSPS) is 13.1. The second-order valence-electron chi connectivity index (χ2n) is 9.02. The van der Waals surface area contributed by atoms with E-state index in [9.17, 15) is 32.3 Å². The standard InChI is InChI=1S/C25H28N4O5.C2HF3O2/c1-14-11-22(30)34-21-13-18(9-10-19(14)21)28-25(33)20(12-17-7-5-4-6-8-17)29-24(32)16(3)27-23(31)15(2)26;3-2(4,5)1(6)7/h4-11,13,15-16,20H,12,26H2,1-3H3,(H,27,31)(H,28,33)(H,29,32);(H,6,7)/t15-,16-,20-;/m0./s1. The van der Waals surface area contributed by atoms with Gasteiger partial charge in [0.1, 0.15) is 17.7 Å². The highest BCUT2D eigenvalue weighted by atomic mass is 19.4. The highest BCUT2D eigenvalue weighted by Gasteiger charge is 2.38. The molecule has 0 radical (unpaired) electrons. The minimum absolute atomic E-state index is 0.230. The molecule has 41 heavy (non-hydrogen) atoms. The monoisotopic (exact) mass is 578 g/mol. The lowest BCUT2D eigenvalue weighted by atomic mass is 10.0. The second kappa shape index (κ2) is 14.1. The summed E-state index contributed by atoms with van der Waals surface area (Å²) in [5, 5.41) is 15.9. The fourth-order valence-corrected chi connectivity index (χ4v) is 3.40. The molecule has 14 heteroatoms. The van der Waals surface area contributed by atoms with Crippen molar-refractivity contribution in [1.29, 1.82) is 0 Å². The molecule has 3 atom stereocenters. The average Bonchev–Trinajstić information content (AvgIpc) is 2.88. The number of aliphatic carboxylic acids is 1. The maximum atomic E-state index is 13.1. The Hall–Kier alpha value is -4.72. The Morgan fingerprint density at radius 1 is 0.951 bits per heavy atom. The summed E-state index contributed by atoms with van der Waals surface area (Å²) in [7, 11) is 0. The van der Waals surface area contributed by atoms with Crippen LogP contribution in [-0.2, 0) is 25.6 Å². The molecular formula is C27H29F3N4O7. The first-order chi connectivity index (χ1) is 19.1. The fraction of sp³-hybridized carbons (Fsp3) is 0.296. The third-order valence-electron chi connectivity index (χ3n) is 5.54. The van der Waals surface area contributed by atoms with Crippen LogP contribution in [0.4, 0.5) is 18.9 Å². The number of alkyl halides is 3. The van der Waals surface area contributed by atoms with E-state index in [2.05, 4.69) is 16.0 Å². The number of nitrogens with two attached hydrogens (primary N) is 1. The molecule has 0 fully saturated rings. The van der Waals surface area contributed by atoms with E-state index in [0.29, 0.717) is 11.3 Å². The SMILES string of the molecule is Cc1cc(=O)oc2cc(NC(=O)[C@H](Cc3ccccc3)NC(=O)[C@H](C)NC(=O)[C@H](C)N)ccc12.O=C(O)C(F)(F)F. The molecule has 0 unspecified atom stereocenters. The number of benzene rings is 2. The van der Waals surface area contributed by atoms with Crippen LogP contribution >= 0.6 is 0 Å². The molecule has 220 valence electrons. The van der Waals surface area contributed by atoms with E-state index in [1.165, 1.54) is 19.9 Å². The number of carbonyl (C=O) groups excluding carboxylic acids is 3. The van der Waals surface area contributed by atoms with Crippen molar-refractivity contribution >= 4 is 40.3 Å². The number of hydrogen-bond donors (Lipinski definition) is 5. The summed E-state index contributed by atoms with van der Waals surface area (Å²) < 4.78 is 37.0. The van der Waals surface area contributed by atoms with Crippen LogP contribution in [0.5, 0.6) is 0 Å². The van der Waals surface area contributed by atoms with E-state index in [0.717, 1.165) is 16.5 Å². The molecule has 11 nitrogen and oxygen atoms in total. The Morgan fingerprint density at radius 3 is 2.12 bits per heavy atom. The lowest BCUT2D eigenvalue weighted by Crippen LogP contribution is -2.54. The summed E-state index contributed by atoms with van der Waals surface area (Å²) in [6.07, 6.45) is -4.85. The van der Waals surface area contributed by atoms with Gasteiger partial charge in [0.25, 0.3) is 0 Å². The van der Waals surface area contributed by atoms with Crippen molar-refractivity contribution in [3.8, 4) is 0 Å². The minimum atomic E-state index is -5.08. The van der Waals surface area contributed by atoms with E-state index in [1.807, 2.05) is 30.3 Å². The van der Waals surface area contributed by atoms with Gasteiger partial charge in [-0.2, -0.15) is 13.2 Å². The first-order valence-electron chi connectivity index (χ1n) is 12.1. The van der Waals surface area contributed by atoms with Gasteiger partial charge in [0.2, 0.25) is 17.7 Å². The van der Waals surface area contributed by atoms with Gasteiger partial charge in [-0.05, 0) is 44.0 Å². The lowest BCUT2D eigenvalue weighted by molar-refractivity contribution is -0.192. The zero-order valence-electron chi connectivity index (χ0n) is 22.2. The molecule has 0 aliphatic carbocycles. The number of nitrogens with one attached hydrogen (secondary N) is 3. The molecule has 0 aliphatic heterocycles. The average molecular weight is 579 g/mol. The maximum Gasteiger partial charge on any atom is 0.490 e. The van der Waals surface area contributed by atoms with Gasteiger partial charge in [-0.1, -0.05) is 30.3 Å². The predicted molar refractivity (Wildman–Crippen MR) is 143 cm³/mol. The number of carbonyl (C=O) groups is 4. The molecule has 3 aromatic rings. The van der Waals surface area contributed by atoms with Crippen LogP contribution in [0.2, 0.25) is 0 Å². The molecule has 0 spiro atoms. The van der Waals surface area contributed by atoms with Crippen LogP contribution in [0, 0.1) is 6.92 Å². The van der Waals surface area contributed by atoms with Crippen molar-refractivity contribution in [3.63, 3.8) is 0 Å². The zero-order chi connectivity index (χ0) is 30.9. The highest BCUT2D eigenvalue weighted by molar-refractivity contribution is 5.99. The molecule has 2 aromatic carbocycles. The van der Waals surface area contributed by atoms with E-state index in [4.69, 9.17) is 20.1 Å². The molecule has 1 heterocycles. The van der Waals surface area contributed by atoms with Crippen LogP contribution in [0.1, 0.15) is 25.0 Å². The van der Waals surface area contributed by atoms with Gasteiger partial charge in [0.15, 0.2) is 0 Å². The highest BCUT2D eigenvalue weighted by Crippen LogP contribution is 2.21. The molecular weight excluding hydrogens is 549 g/mol. The quantitative estimate of drug-likeness (QED) is 0.252. The Balaban J connectivity index is 0.000000745. The number of fused-ring (bicyclic) bond motifs is 1. The number of hydrogen-bond acceptors (Lipinski definition) is 7. The number of halogens is 3. The van der Waals surface area contributed by atoms with Gasteiger partial charge in [0, 0.05) is 29.6 Å². The first-order valence-corrected chi connectivity index (χ1v) is 12.1. The minimum Gasteiger partial charge on any atom is -0.475 e. The molecule has 0 saturated heterocycles. The lowest BCUT2D eigenvalue weighted by Gasteiger charge is -2.22. The molecule has 0 aliphatic rings. The van der Waals surface area contributed by atoms with Gasteiger partial charge in [0.05, 0.1) is 6.04 Å². The number of carboxylic acid groups (broad SMARTS) is 1. The van der Waals surface area contributed by atoms with Crippen LogP contribution in [0.3, 0.4) is 0 Å². The summed E-state index contributed by atoms with van der Waals surface area (Å²) in [4.78, 5) is 58.3. The zero-order valence-corrected chi connectivity index (χ0v) is 22.2. The molecule has 3 amide bonds. The topological polar surface area (TPSA) is 181 Å². The van der Waals surface area contributed by atoms with Gasteiger partial charge in [-0.25, -0.2) is 9.59 Å². The van der Waals surface area contributed by atoms with E-state index < -0.39 is 53.6 Å². The smallest absolute Gasteiger partial charge is 0.475 e. The summed E-state index contributed by atoms with van der Waals surface area (Å²) in [6.45, 7) is 4.83. The van der Waals surface area contributed by atoms with Crippen molar-refractivity contribution in [1.82, 2.24) is 10.6 Å². The second-order valence-corrected chi connectivity index (χ2v) is 9.02. The van der Waals surface area contributed by atoms with Gasteiger partial charge in [-0.3, -0.25) is 14.4 Å². The predicted octanol–water partition coefficient (Wildman–Crippen LogP) is 2.25. The van der Waals surface area contributed by atoms with Crippen molar-refractivity contribution in [3.05, 3.63) is 76.1 Å². The third kappa shape index (κ3) is 10.1. The van der Waals surface area contributed by atoms with E-state index in [1.54, 1.807) is 25.1 Å². The van der Waals surface area contributed by atoms with Gasteiger partial charge in [-0.15, -0.1) is 0 Å². The van der Waals surface area contributed by atoms with Gasteiger partial charge < -0.3 is 31.2 Å². The molecule has 1 aromatic heterocycles. The molecule has 0 saturated carbocycles. The fourth-order valence-electron chi connectivity index (χ4n) is 3.40. The number of aryl methyl sites for hydroxylation is 1. The third-order valence-corrected chi connectivity index (χ3v) is 5.54. The summed E-state index contributed by atoms with van der Waals surface area (Å²) in [5.74, 6) is -4.21. The maximum absolute atomic E-state index is 13.1. The Kier molecular flexibility index (Phi) is 11.2. The van der Waals surface area contributed by atoms with E-state index >= 15 is 0 Å². The number of amides is 3. The number of anilines is 1. The molecule has 3 rings (SSSR count). The first kappa shape index (κ1) is 32.5. The van der Waals surface area contributed by atoms with Crippen molar-refractivity contribution in [2.24, 2.45) is 5.73 Å². The molecule has 0 bridgehead atoms. The summed E-state index contributed by atoms with van der Waals surface area (Å²) in [5.41, 5.74) is 7.43. The molecule has 6 N–H and O–H groups in total. The largest absolute Gasteiger partial charge is 0.490 e. The van der Waals surface area contributed by atoms with Crippen molar-refractivity contribution in [2.45, 2.75) is 51.5 Å². The van der Waals surface area contributed by atoms with Crippen LogP contribution in [0.25, 0.3) is 11.0 Å². The number of rotatable bonds is 8. The van der Waals surface area contributed by atoms with Gasteiger partial charge >= 0.3 is 17.8 Å². The Morgan fingerprint density at radius 2 is 1.56 bits per heavy atom. The summed E-state index contributed by atoms with van der Waals surface area (Å²) >= 11 is 0. The van der Waals surface area contributed by atoms with E-state index in [-0.39, 0.29) is 6.42 Å². The number of carboxylic acids is 1. The van der Waals surface area contributed by atoms with Crippen LogP contribution < -0.4 is 27.3 Å². The Labute approximate surface area is 231 Å². The van der Waals surface area contributed by atoms with Crippen molar-refractivity contribution in [2.75, 3.05) is 5.32 Å². The van der Waals surface area contributed by atoms with Crippen molar-refractivity contribution < 1.29 is 41.9 Å².